The Labute approximate surface area is 102 Å². The van der Waals surface area contributed by atoms with Crippen molar-refractivity contribution in [2.45, 2.75) is 27.2 Å². The molecule has 4 N–H and O–H groups in total. The first-order valence-corrected chi connectivity index (χ1v) is 5.66. The maximum absolute atomic E-state index is 11.0. The number of hydrogen-bond donors (Lipinski definition) is 3. The van der Waals surface area contributed by atoms with E-state index in [2.05, 4.69) is 26.1 Å². The van der Waals surface area contributed by atoms with Crippen molar-refractivity contribution in [3.8, 4) is 0 Å². The Hall–Kier alpha value is -1.71. The van der Waals surface area contributed by atoms with Crippen molar-refractivity contribution in [1.29, 1.82) is 0 Å². The predicted molar refractivity (Wildman–Crippen MR) is 70.4 cm³/mol. The van der Waals surface area contributed by atoms with Gasteiger partial charge < -0.3 is 16.2 Å². The van der Waals surface area contributed by atoms with Crippen LogP contribution in [0.15, 0.2) is 18.2 Å². The lowest BCUT2D eigenvalue weighted by Gasteiger charge is -2.19. The number of carbonyl (C=O) groups is 1. The number of hydrogen-bond acceptors (Lipinski definition) is 3. The number of nitrogens with one attached hydrogen (secondary N) is 1. The third-order valence-electron chi connectivity index (χ3n) is 2.46. The standard InChI is InChI=1S/C13H20N2O2/c1-13(2,3)6-7-15-11-8-9(14)4-5-10(11)12(16)17/h4-5,8,15H,6-7,14H2,1-3H3,(H,16,17). The summed E-state index contributed by atoms with van der Waals surface area (Å²) in [6.45, 7) is 7.16. The van der Waals surface area contributed by atoms with Crippen molar-refractivity contribution in [2.75, 3.05) is 17.6 Å². The van der Waals surface area contributed by atoms with Gasteiger partial charge in [0.2, 0.25) is 0 Å². The number of benzene rings is 1. The van der Waals surface area contributed by atoms with Gasteiger partial charge in [-0.3, -0.25) is 0 Å². The molecule has 1 rings (SSSR count). The molecule has 0 aliphatic carbocycles. The van der Waals surface area contributed by atoms with Gasteiger partial charge in [0.15, 0.2) is 0 Å². The molecule has 0 spiro atoms. The van der Waals surface area contributed by atoms with E-state index in [4.69, 9.17) is 10.8 Å². The third-order valence-corrected chi connectivity index (χ3v) is 2.46. The van der Waals surface area contributed by atoms with E-state index in [0.29, 0.717) is 11.4 Å². The molecular weight excluding hydrogens is 216 g/mol. The minimum atomic E-state index is -0.941. The van der Waals surface area contributed by atoms with E-state index in [1.807, 2.05) is 0 Å². The number of rotatable bonds is 4. The molecule has 0 unspecified atom stereocenters. The van der Waals surface area contributed by atoms with Gasteiger partial charge in [-0.2, -0.15) is 0 Å². The van der Waals surface area contributed by atoms with Gasteiger partial charge in [-0.15, -0.1) is 0 Å². The molecule has 0 heterocycles. The average molecular weight is 236 g/mol. The molecule has 0 aromatic heterocycles. The largest absolute Gasteiger partial charge is 0.478 e. The van der Waals surface area contributed by atoms with Crippen molar-refractivity contribution in [1.82, 2.24) is 0 Å². The number of carboxylic acid groups (broad SMARTS) is 1. The van der Waals surface area contributed by atoms with Gasteiger partial charge in [0.05, 0.1) is 11.3 Å². The van der Waals surface area contributed by atoms with Gasteiger partial charge in [-0.05, 0) is 30.0 Å². The molecule has 0 amide bonds. The fourth-order valence-corrected chi connectivity index (χ4v) is 1.47. The normalized spacial score (nSPS) is 11.2. The number of nitrogen functional groups attached to an aromatic ring is 1. The number of anilines is 2. The summed E-state index contributed by atoms with van der Waals surface area (Å²) in [6.07, 6.45) is 0.959. The molecule has 1 aromatic carbocycles. The van der Waals surface area contributed by atoms with E-state index in [1.54, 1.807) is 12.1 Å². The van der Waals surface area contributed by atoms with Crippen LogP contribution in [0.2, 0.25) is 0 Å². The quantitative estimate of drug-likeness (QED) is 0.703. The van der Waals surface area contributed by atoms with Crippen LogP contribution in [0.25, 0.3) is 0 Å². The van der Waals surface area contributed by atoms with Crippen LogP contribution >= 0.6 is 0 Å². The zero-order valence-electron chi connectivity index (χ0n) is 10.6. The summed E-state index contributed by atoms with van der Waals surface area (Å²) >= 11 is 0. The van der Waals surface area contributed by atoms with E-state index < -0.39 is 5.97 Å². The van der Waals surface area contributed by atoms with Gasteiger partial charge >= 0.3 is 5.97 Å². The molecule has 0 aliphatic heterocycles. The Bertz CT molecular complexity index is 408. The molecule has 0 fully saturated rings. The van der Waals surface area contributed by atoms with Crippen molar-refractivity contribution < 1.29 is 9.90 Å². The second-order valence-corrected chi connectivity index (χ2v) is 5.35. The van der Waals surface area contributed by atoms with Crippen molar-refractivity contribution in [3.63, 3.8) is 0 Å². The highest BCUT2D eigenvalue weighted by molar-refractivity contribution is 5.95. The Balaban J connectivity index is 2.75. The highest BCUT2D eigenvalue weighted by Crippen LogP contribution is 2.22. The average Bonchev–Trinajstić information content (AvgIpc) is 2.15. The van der Waals surface area contributed by atoms with Gasteiger partial charge in [0.25, 0.3) is 0 Å². The first-order chi connectivity index (χ1) is 7.79. The molecule has 17 heavy (non-hydrogen) atoms. The Kier molecular flexibility index (Phi) is 3.99. The fraction of sp³-hybridized carbons (Fsp3) is 0.462. The molecule has 4 heteroatoms. The Morgan fingerprint density at radius 3 is 2.59 bits per heavy atom. The molecule has 0 saturated heterocycles. The summed E-state index contributed by atoms with van der Waals surface area (Å²) in [5.74, 6) is -0.941. The number of aromatic carboxylic acids is 1. The predicted octanol–water partition coefficient (Wildman–Crippen LogP) is 2.82. The summed E-state index contributed by atoms with van der Waals surface area (Å²) in [7, 11) is 0. The summed E-state index contributed by atoms with van der Waals surface area (Å²) < 4.78 is 0. The van der Waals surface area contributed by atoms with Crippen molar-refractivity contribution in [3.05, 3.63) is 23.8 Å². The molecule has 0 bridgehead atoms. The monoisotopic (exact) mass is 236 g/mol. The second kappa shape index (κ2) is 5.08. The smallest absolute Gasteiger partial charge is 0.337 e. The van der Waals surface area contributed by atoms with Gasteiger partial charge in [-0.1, -0.05) is 20.8 Å². The first-order valence-electron chi connectivity index (χ1n) is 5.66. The summed E-state index contributed by atoms with van der Waals surface area (Å²) in [6, 6.07) is 4.78. The van der Waals surface area contributed by atoms with Gasteiger partial charge in [-0.25, -0.2) is 4.79 Å². The van der Waals surface area contributed by atoms with E-state index in [9.17, 15) is 4.79 Å². The van der Waals surface area contributed by atoms with Crippen LogP contribution < -0.4 is 11.1 Å². The maximum Gasteiger partial charge on any atom is 0.337 e. The summed E-state index contributed by atoms with van der Waals surface area (Å²) in [5, 5.41) is 12.2. The van der Waals surface area contributed by atoms with Crippen LogP contribution in [0.5, 0.6) is 0 Å². The Morgan fingerprint density at radius 1 is 1.41 bits per heavy atom. The van der Waals surface area contributed by atoms with E-state index >= 15 is 0 Å². The highest BCUT2D eigenvalue weighted by Gasteiger charge is 2.12. The van der Waals surface area contributed by atoms with Crippen LogP contribution in [0.4, 0.5) is 11.4 Å². The fourth-order valence-electron chi connectivity index (χ4n) is 1.47. The van der Waals surface area contributed by atoms with E-state index in [0.717, 1.165) is 13.0 Å². The molecule has 0 radical (unpaired) electrons. The molecular formula is C13H20N2O2. The first kappa shape index (κ1) is 13.4. The van der Waals surface area contributed by atoms with Crippen LogP contribution in [-0.4, -0.2) is 17.6 Å². The number of carboxylic acids is 1. The van der Waals surface area contributed by atoms with Gasteiger partial charge in [0.1, 0.15) is 0 Å². The third kappa shape index (κ3) is 4.34. The van der Waals surface area contributed by atoms with Crippen LogP contribution in [0.1, 0.15) is 37.6 Å². The molecule has 0 atom stereocenters. The minimum absolute atomic E-state index is 0.219. The molecule has 0 saturated carbocycles. The van der Waals surface area contributed by atoms with E-state index in [-0.39, 0.29) is 11.0 Å². The minimum Gasteiger partial charge on any atom is -0.478 e. The topological polar surface area (TPSA) is 75.3 Å². The second-order valence-electron chi connectivity index (χ2n) is 5.35. The molecule has 1 aromatic rings. The highest BCUT2D eigenvalue weighted by atomic mass is 16.4. The molecule has 0 aliphatic rings. The lowest BCUT2D eigenvalue weighted by Crippen LogP contribution is -2.14. The molecule has 4 nitrogen and oxygen atoms in total. The maximum atomic E-state index is 11.0. The van der Waals surface area contributed by atoms with Crippen molar-refractivity contribution in [2.24, 2.45) is 5.41 Å². The van der Waals surface area contributed by atoms with Gasteiger partial charge in [0, 0.05) is 12.2 Å². The van der Waals surface area contributed by atoms with Crippen LogP contribution in [0, 0.1) is 5.41 Å². The lowest BCUT2D eigenvalue weighted by atomic mass is 9.92. The SMILES string of the molecule is CC(C)(C)CCNc1cc(N)ccc1C(=O)O. The zero-order valence-corrected chi connectivity index (χ0v) is 10.6. The summed E-state index contributed by atoms with van der Waals surface area (Å²) in [4.78, 5) is 11.0. The molecule has 94 valence electrons. The Morgan fingerprint density at radius 2 is 2.06 bits per heavy atom. The summed E-state index contributed by atoms with van der Waals surface area (Å²) in [5.41, 5.74) is 7.28. The lowest BCUT2D eigenvalue weighted by molar-refractivity contribution is 0.0698. The van der Waals surface area contributed by atoms with E-state index in [1.165, 1.54) is 6.07 Å². The van der Waals surface area contributed by atoms with Crippen molar-refractivity contribution >= 4 is 17.3 Å². The van der Waals surface area contributed by atoms with Crippen LogP contribution in [0.3, 0.4) is 0 Å². The number of nitrogens with two attached hydrogens (primary N) is 1. The van der Waals surface area contributed by atoms with Crippen LogP contribution in [-0.2, 0) is 0 Å². The zero-order chi connectivity index (χ0) is 13.1.